The summed E-state index contributed by atoms with van der Waals surface area (Å²) >= 11 is 6.34. The minimum absolute atomic E-state index is 0.00905. The van der Waals surface area contributed by atoms with Crippen LogP contribution in [0.5, 0.6) is 0 Å². The van der Waals surface area contributed by atoms with Gasteiger partial charge in [-0.3, -0.25) is 14.5 Å². The quantitative estimate of drug-likeness (QED) is 0.695. The third-order valence-corrected chi connectivity index (χ3v) is 6.85. The van der Waals surface area contributed by atoms with Crippen LogP contribution in [0.1, 0.15) is 31.1 Å². The predicted molar refractivity (Wildman–Crippen MR) is 104 cm³/mol. The Morgan fingerprint density at radius 3 is 2.72 bits per heavy atom. The van der Waals surface area contributed by atoms with Gasteiger partial charge in [0.05, 0.1) is 31.0 Å². The Balaban J connectivity index is 1.44. The number of furan rings is 1. The maximum Gasteiger partial charge on any atom is 0.290 e. The van der Waals surface area contributed by atoms with Crippen molar-refractivity contribution in [3.05, 3.63) is 35.5 Å². The van der Waals surface area contributed by atoms with Crippen LogP contribution in [0.3, 0.4) is 0 Å². The summed E-state index contributed by atoms with van der Waals surface area (Å²) in [7, 11) is 0. The maximum absolute atomic E-state index is 13.4. The lowest BCUT2D eigenvalue weighted by atomic mass is 9.78. The molecule has 29 heavy (non-hydrogen) atoms. The highest BCUT2D eigenvalue weighted by Crippen LogP contribution is 2.47. The monoisotopic (exact) mass is 420 g/mol. The fraction of sp³-hybridized carbons (Fsp3) is 0.619. The molecule has 1 amide bonds. The lowest BCUT2D eigenvalue weighted by Gasteiger charge is -2.36. The molecule has 1 saturated carbocycles. The number of ether oxygens (including phenoxy) is 2. The molecular weight excluding hydrogens is 396 g/mol. The summed E-state index contributed by atoms with van der Waals surface area (Å²) in [4.78, 5) is 30.7. The molecule has 4 aliphatic rings. The van der Waals surface area contributed by atoms with Gasteiger partial charge in [0.1, 0.15) is 17.9 Å². The second-order valence-electron chi connectivity index (χ2n) is 8.15. The molecule has 1 aromatic rings. The standard InChI is InChI=1S/C21H25ClN2O5/c22-13-3-4-15-14(12-13)19(25)17-18(16-2-1-9-28-16)24(21(26)20(17)29-15)6-5-23-7-10-27-11-8-23/h1-2,9,13-15,18H,3-8,10-12H2. The second-order valence-corrected chi connectivity index (χ2v) is 8.77. The van der Waals surface area contributed by atoms with E-state index in [0.29, 0.717) is 43.9 Å². The van der Waals surface area contributed by atoms with Crippen LogP contribution in [-0.4, -0.2) is 72.4 Å². The van der Waals surface area contributed by atoms with E-state index in [9.17, 15) is 9.59 Å². The number of Topliss-reactive ketones (excluding diaryl/α,β-unsaturated/α-hetero) is 1. The molecule has 1 saturated heterocycles. The highest BCUT2D eigenvalue weighted by atomic mass is 35.5. The van der Waals surface area contributed by atoms with Crippen LogP contribution in [0, 0.1) is 5.92 Å². The van der Waals surface area contributed by atoms with Gasteiger partial charge < -0.3 is 18.8 Å². The lowest BCUT2D eigenvalue weighted by molar-refractivity contribution is -0.135. The Hall–Kier alpha value is -1.83. The molecule has 0 bridgehead atoms. The highest BCUT2D eigenvalue weighted by molar-refractivity contribution is 6.21. The molecule has 4 atom stereocenters. The number of alkyl halides is 1. The number of fused-ring (bicyclic) bond motifs is 1. The minimum atomic E-state index is -0.530. The van der Waals surface area contributed by atoms with Gasteiger partial charge in [-0.05, 0) is 31.4 Å². The smallest absolute Gasteiger partial charge is 0.290 e. The van der Waals surface area contributed by atoms with E-state index in [4.69, 9.17) is 25.5 Å². The van der Waals surface area contributed by atoms with E-state index >= 15 is 0 Å². The molecule has 7 nitrogen and oxygen atoms in total. The van der Waals surface area contributed by atoms with Crippen molar-refractivity contribution in [1.82, 2.24) is 9.80 Å². The van der Waals surface area contributed by atoms with Gasteiger partial charge in [-0.15, -0.1) is 11.6 Å². The van der Waals surface area contributed by atoms with Gasteiger partial charge in [-0.1, -0.05) is 0 Å². The van der Waals surface area contributed by atoms with E-state index in [-0.39, 0.29) is 34.8 Å². The zero-order valence-electron chi connectivity index (χ0n) is 16.2. The number of carbonyl (C=O) groups is 2. The number of rotatable bonds is 4. The minimum Gasteiger partial charge on any atom is -0.483 e. The van der Waals surface area contributed by atoms with Crippen molar-refractivity contribution in [3.63, 3.8) is 0 Å². The molecule has 4 heterocycles. The van der Waals surface area contributed by atoms with Gasteiger partial charge in [0.25, 0.3) is 5.91 Å². The van der Waals surface area contributed by atoms with Gasteiger partial charge in [0, 0.05) is 31.6 Å². The van der Waals surface area contributed by atoms with Gasteiger partial charge in [0.2, 0.25) is 0 Å². The van der Waals surface area contributed by atoms with Crippen LogP contribution in [-0.2, 0) is 19.1 Å². The zero-order valence-corrected chi connectivity index (χ0v) is 17.0. The van der Waals surface area contributed by atoms with E-state index in [1.165, 1.54) is 0 Å². The van der Waals surface area contributed by atoms with Crippen LogP contribution < -0.4 is 0 Å². The van der Waals surface area contributed by atoms with Crippen LogP contribution in [0.2, 0.25) is 0 Å². The fourth-order valence-corrected chi connectivity index (χ4v) is 5.23. The Kier molecular flexibility index (Phi) is 5.14. The number of hydrogen-bond acceptors (Lipinski definition) is 6. The molecule has 156 valence electrons. The van der Waals surface area contributed by atoms with Gasteiger partial charge in [-0.2, -0.15) is 0 Å². The second kappa shape index (κ2) is 7.78. The lowest BCUT2D eigenvalue weighted by Crippen LogP contribution is -2.43. The number of halogens is 1. The third kappa shape index (κ3) is 3.39. The molecule has 0 spiro atoms. The molecule has 1 aliphatic carbocycles. The molecule has 2 fully saturated rings. The number of ketones is 1. The summed E-state index contributed by atoms with van der Waals surface area (Å²) in [5.74, 6) is 0.306. The topological polar surface area (TPSA) is 72.2 Å². The molecule has 0 N–H and O–H groups in total. The first-order valence-electron chi connectivity index (χ1n) is 10.4. The normalized spacial score (nSPS) is 32.9. The number of hydrogen-bond donors (Lipinski definition) is 0. The van der Waals surface area contributed by atoms with Crippen LogP contribution in [0.25, 0.3) is 0 Å². The van der Waals surface area contributed by atoms with Crippen molar-refractivity contribution in [1.29, 1.82) is 0 Å². The van der Waals surface area contributed by atoms with Crippen molar-refractivity contribution >= 4 is 23.3 Å². The van der Waals surface area contributed by atoms with E-state index in [2.05, 4.69) is 4.90 Å². The van der Waals surface area contributed by atoms with Crippen LogP contribution in [0.15, 0.2) is 34.1 Å². The van der Waals surface area contributed by atoms with Crippen LogP contribution >= 0.6 is 11.6 Å². The Labute approximate surface area is 174 Å². The Morgan fingerprint density at radius 2 is 1.97 bits per heavy atom. The summed E-state index contributed by atoms with van der Waals surface area (Å²) in [5.41, 5.74) is 0.443. The first-order valence-corrected chi connectivity index (χ1v) is 10.8. The van der Waals surface area contributed by atoms with Crippen molar-refractivity contribution < 1.29 is 23.5 Å². The van der Waals surface area contributed by atoms with E-state index in [1.807, 2.05) is 6.07 Å². The molecule has 8 heteroatoms. The summed E-state index contributed by atoms with van der Waals surface area (Å²) in [6.07, 6.45) is 3.42. The first kappa shape index (κ1) is 19.2. The zero-order chi connectivity index (χ0) is 20.0. The first-order chi connectivity index (χ1) is 14.1. The van der Waals surface area contributed by atoms with E-state index < -0.39 is 6.04 Å². The number of morpholine rings is 1. The SMILES string of the molecule is O=C1C2=C(OC3CCC(Cl)CC13)C(=O)N(CCN1CCOCC1)C2c1ccco1. The fourth-order valence-electron chi connectivity index (χ4n) is 4.91. The number of amides is 1. The van der Waals surface area contributed by atoms with Crippen molar-refractivity contribution in [2.75, 3.05) is 39.4 Å². The van der Waals surface area contributed by atoms with Gasteiger partial charge in [0.15, 0.2) is 11.5 Å². The largest absolute Gasteiger partial charge is 0.483 e. The van der Waals surface area contributed by atoms with Gasteiger partial charge >= 0.3 is 0 Å². The van der Waals surface area contributed by atoms with Crippen molar-refractivity contribution in [2.45, 2.75) is 36.8 Å². The van der Waals surface area contributed by atoms with Crippen LogP contribution in [0.4, 0.5) is 0 Å². The predicted octanol–water partition coefficient (Wildman–Crippen LogP) is 2.12. The average Bonchev–Trinajstić information content (AvgIpc) is 3.35. The van der Waals surface area contributed by atoms with Gasteiger partial charge in [-0.25, -0.2) is 0 Å². The molecule has 5 rings (SSSR count). The number of nitrogens with zero attached hydrogens (tertiary/aromatic N) is 2. The van der Waals surface area contributed by atoms with E-state index in [0.717, 1.165) is 26.1 Å². The van der Waals surface area contributed by atoms with Crippen molar-refractivity contribution in [3.8, 4) is 0 Å². The Bertz CT molecular complexity index is 817. The number of carbonyl (C=O) groups excluding carboxylic acids is 2. The Morgan fingerprint density at radius 1 is 1.14 bits per heavy atom. The maximum atomic E-state index is 13.4. The summed E-state index contributed by atoms with van der Waals surface area (Å²) in [6, 6.07) is 3.07. The molecule has 4 unspecified atom stereocenters. The molecular formula is C21H25ClN2O5. The molecule has 3 aliphatic heterocycles. The summed E-state index contributed by atoms with van der Waals surface area (Å²) < 4.78 is 17.2. The van der Waals surface area contributed by atoms with E-state index in [1.54, 1.807) is 17.2 Å². The highest BCUT2D eigenvalue weighted by Gasteiger charge is 2.53. The van der Waals surface area contributed by atoms with Crippen molar-refractivity contribution in [2.24, 2.45) is 5.92 Å². The summed E-state index contributed by atoms with van der Waals surface area (Å²) in [5, 5.41) is -0.0254. The summed E-state index contributed by atoms with van der Waals surface area (Å²) in [6.45, 7) is 4.32. The molecule has 1 aromatic heterocycles. The third-order valence-electron chi connectivity index (χ3n) is 6.45. The molecule has 0 radical (unpaired) electrons. The molecule has 0 aromatic carbocycles. The average molecular weight is 421 g/mol.